The van der Waals surface area contributed by atoms with Crippen LogP contribution in [0.15, 0.2) is 11.0 Å². The van der Waals surface area contributed by atoms with Crippen LogP contribution in [-0.2, 0) is 4.74 Å². The number of anilines is 2. The van der Waals surface area contributed by atoms with Crippen LogP contribution in [0, 0.1) is 0 Å². The molecule has 10 heteroatoms. The number of hydrogen-bond donors (Lipinski definition) is 2. The van der Waals surface area contributed by atoms with Gasteiger partial charge in [0.2, 0.25) is 5.95 Å². The van der Waals surface area contributed by atoms with Gasteiger partial charge in [-0.1, -0.05) is 0 Å². The lowest BCUT2D eigenvalue weighted by atomic mass is 10.3. The van der Waals surface area contributed by atoms with Gasteiger partial charge in [-0.3, -0.25) is 9.69 Å². The zero-order valence-electron chi connectivity index (χ0n) is 15.6. The van der Waals surface area contributed by atoms with Crippen LogP contribution in [0.5, 0.6) is 0 Å². The summed E-state index contributed by atoms with van der Waals surface area (Å²) in [5.74, 6) is 1.29. The van der Waals surface area contributed by atoms with Crippen molar-refractivity contribution in [3.63, 3.8) is 0 Å². The van der Waals surface area contributed by atoms with E-state index in [0.29, 0.717) is 22.9 Å². The number of aromatic amines is 1. The van der Waals surface area contributed by atoms with Crippen LogP contribution in [0.25, 0.3) is 11.2 Å². The molecule has 2 aromatic heterocycles. The van der Waals surface area contributed by atoms with E-state index >= 15 is 0 Å². The van der Waals surface area contributed by atoms with Gasteiger partial charge in [0.1, 0.15) is 5.52 Å². The summed E-state index contributed by atoms with van der Waals surface area (Å²) >= 11 is 0. The van der Waals surface area contributed by atoms with Gasteiger partial charge in [0.25, 0.3) is 5.56 Å². The minimum absolute atomic E-state index is 0.255. The van der Waals surface area contributed by atoms with Crippen molar-refractivity contribution in [3.05, 3.63) is 16.6 Å². The van der Waals surface area contributed by atoms with Crippen molar-refractivity contribution in [2.24, 2.45) is 0 Å². The van der Waals surface area contributed by atoms with Gasteiger partial charge in [-0.25, -0.2) is 4.98 Å². The van der Waals surface area contributed by atoms with Crippen LogP contribution in [0.1, 0.15) is 0 Å². The molecule has 2 saturated heterocycles. The maximum Gasteiger partial charge on any atom is 0.267 e. The highest BCUT2D eigenvalue weighted by atomic mass is 16.5. The Kier molecular flexibility index (Phi) is 5.46. The average Bonchev–Trinajstić information content (AvgIpc) is 2.69. The molecule has 27 heavy (non-hydrogen) atoms. The van der Waals surface area contributed by atoms with Crippen molar-refractivity contribution in [2.45, 2.75) is 0 Å². The number of hydrogen-bond acceptors (Lipinski definition) is 9. The van der Waals surface area contributed by atoms with E-state index in [2.05, 4.69) is 42.0 Å². The van der Waals surface area contributed by atoms with Gasteiger partial charge in [-0.15, -0.1) is 0 Å². The molecule has 0 spiro atoms. The molecule has 10 nitrogen and oxygen atoms in total. The normalized spacial score (nSPS) is 19.5. The number of H-pyrrole nitrogens is 1. The maximum atomic E-state index is 11.7. The molecule has 0 saturated carbocycles. The molecule has 0 radical (unpaired) electrons. The summed E-state index contributed by atoms with van der Waals surface area (Å²) in [5.41, 5.74) is 0.810. The predicted molar refractivity (Wildman–Crippen MR) is 103 cm³/mol. The van der Waals surface area contributed by atoms with Crippen molar-refractivity contribution < 1.29 is 4.74 Å². The van der Waals surface area contributed by atoms with E-state index in [0.717, 1.165) is 65.6 Å². The number of morpholine rings is 1. The highest BCUT2D eigenvalue weighted by molar-refractivity contribution is 5.83. The van der Waals surface area contributed by atoms with E-state index in [-0.39, 0.29) is 5.56 Å². The van der Waals surface area contributed by atoms with Crippen LogP contribution >= 0.6 is 0 Å². The monoisotopic (exact) mass is 374 g/mol. The molecular formula is C17H26N8O2. The molecule has 0 aliphatic carbocycles. The Bertz CT molecular complexity index is 827. The number of likely N-dealkylation sites (N-methyl/N-ethyl adjacent to an activating group) is 1. The highest BCUT2D eigenvalue weighted by Gasteiger charge is 2.19. The number of ether oxygens (including phenoxy) is 1. The van der Waals surface area contributed by atoms with Gasteiger partial charge >= 0.3 is 0 Å². The number of rotatable bonds is 5. The third-order valence-electron chi connectivity index (χ3n) is 5.04. The third-order valence-corrected chi connectivity index (χ3v) is 5.04. The van der Waals surface area contributed by atoms with Gasteiger partial charge in [0, 0.05) is 52.4 Å². The Labute approximate surface area is 157 Å². The number of piperazine rings is 1. The lowest BCUT2D eigenvalue weighted by Gasteiger charge is -2.32. The second-order valence-corrected chi connectivity index (χ2v) is 6.99. The van der Waals surface area contributed by atoms with E-state index in [4.69, 9.17) is 9.72 Å². The summed E-state index contributed by atoms with van der Waals surface area (Å²) < 4.78 is 5.39. The number of nitrogens with zero attached hydrogens (tertiary/aromatic N) is 6. The largest absolute Gasteiger partial charge is 0.379 e. The van der Waals surface area contributed by atoms with E-state index in [1.807, 2.05) is 0 Å². The molecule has 2 fully saturated rings. The molecule has 4 rings (SSSR count). The zero-order valence-corrected chi connectivity index (χ0v) is 15.6. The van der Waals surface area contributed by atoms with Crippen molar-refractivity contribution in [3.8, 4) is 0 Å². The summed E-state index contributed by atoms with van der Waals surface area (Å²) in [6.45, 7) is 8.75. The van der Waals surface area contributed by atoms with E-state index in [1.54, 1.807) is 0 Å². The summed E-state index contributed by atoms with van der Waals surface area (Å²) in [5, 5.41) is 3.37. The molecule has 146 valence electrons. The minimum Gasteiger partial charge on any atom is -0.379 e. The zero-order chi connectivity index (χ0) is 18.6. The Morgan fingerprint density at radius 2 is 1.93 bits per heavy atom. The second-order valence-electron chi connectivity index (χ2n) is 6.99. The van der Waals surface area contributed by atoms with Gasteiger partial charge in [0.05, 0.1) is 19.4 Å². The SMILES string of the molecule is CN1CCN(c2nc(NCCN3CCOCC3)c3[nH]c(=O)cnc3n2)CC1. The Morgan fingerprint density at radius 3 is 2.70 bits per heavy atom. The van der Waals surface area contributed by atoms with Crippen molar-refractivity contribution in [1.82, 2.24) is 29.7 Å². The summed E-state index contributed by atoms with van der Waals surface area (Å²) in [7, 11) is 2.11. The number of aromatic nitrogens is 4. The first-order chi connectivity index (χ1) is 13.2. The summed E-state index contributed by atoms with van der Waals surface area (Å²) in [6, 6.07) is 0. The van der Waals surface area contributed by atoms with E-state index < -0.39 is 0 Å². The second kappa shape index (κ2) is 8.15. The molecule has 2 N–H and O–H groups in total. The van der Waals surface area contributed by atoms with Crippen LogP contribution in [0.4, 0.5) is 11.8 Å². The highest BCUT2D eigenvalue weighted by Crippen LogP contribution is 2.20. The minimum atomic E-state index is -0.255. The molecule has 2 aliphatic heterocycles. The predicted octanol–water partition coefficient (Wildman–Crippen LogP) is -0.791. The molecule has 0 aromatic carbocycles. The lowest BCUT2D eigenvalue weighted by molar-refractivity contribution is 0.0398. The fourth-order valence-electron chi connectivity index (χ4n) is 3.35. The fraction of sp³-hybridized carbons (Fsp3) is 0.647. The van der Waals surface area contributed by atoms with Crippen LogP contribution in [0.3, 0.4) is 0 Å². The first kappa shape index (κ1) is 18.1. The Balaban J connectivity index is 1.54. The van der Waals surface area contributed by atoms with Crippen LogP contribution < -0.4 is 15.8 Å². The van der Waals surface area contributed by atoms with Crippen molar-refractivity contribution in [1.29, 1.82) is 0 Å². The van der Waals surface area contributed by atoms with E-state index in [9.17, 15) is 4.79 Å². The van der Waals surface area contributed by atoms with Crippen molar-refractivity contribution in [2.75, 3.05) is 82.8 Å². The van der Waals surface area contributed by atoms with E-state index in [1.165, 1.54) is 6.20 Å². The van der Waals surface area contributed by atoms with Gasteiger partial charge < -0.3 is 24.8 Å². The summed E-state index contributed by atoms with van der Waals surface area (Å²) in [6.07, 6.45) is 1.26. The quantitative estimate of drug-likeness (QED) is 0.697. The summed E-state index contributed by atoms with van der Waals surface area (Å²) in [4.78, 5) is 34.8. The average molecular weight is 374 g/mol. The molecule has 4 heterocycles. The smallest absolute Gasteiger partial charge is 0.267 e. The topological polar surface area (TPSA) is 103 Å². The van der Waals surface area contributed by atoms with Crippen LogP contribution in [0.2, 0.25) is 0 Å². The van der Waals surface area contributed by atoms with Gasteiger partial charge in [-0.05, 0) is 7.05 Å². The molecule has 2 aliphatic rings. The third kappa shape index (κ3) is 4.34. The van der Waals surface area contributed by atoms with Crippen molar-refractivity contribution >= 4 is 22.9 Å². The van der Waals surface area contributed by atoms with Gasteiger partial charge in [0.15, 0.2) is 11.5 Å². The molecular weight excluding hydrogens is 348 g/mol. The Hall–Kier alpha value is -2.30. The Morgan fingerprint density at radius 1 is 1.15 bits per heavy atom. The molecule has 0 unspecified atom stereocenters. The first-order valence-corrected chi connectivity index (χ1v) is 9.43. The maximum absolute atomic E-state index is 11.7. The molecule has 0 bridgehead atoms. The molecule has 2 aromatic rings. The fourth-order valence-corrected chi connectivity index (χ4v) is 3.35. The van der Waals surface area contributed by atoms with Crippen LogP contribution in [-0.4, -0.2) is 102 Å². The molecule has 0 amide bonds. The lowest BCUT2D eigenvalue weighted by Crippen LogP contribution is -2.45. The van der Waals surface area contributed by atoms with Gasteiger partial charge in [-0.2, -0.15) is 9.97 Å². The first-order valence-electron chi connectivity index (χ1n) is 9.43. The number of nitrogens with one attached hydrogen (secondary N) is 2. The number of fused-ring (bicyclic) bond motifs is 1. The molecule has 0 atom stereocenters. The standard InChI is InChI=1S/C17H26N8O2/c1-23-4-6-25(7-5-23)17-21-15(14-16(22-17)19-12-13(26)20-14)18-2-3-24-8-10-27-11-9-24/h12H,2-11H2,1H3,(H,20,26)(H,18,19,21,22).